The molecule has 1 fully saturated rings. The van der Waals surface area contributed by atoms with Gasteiger partial charge in [-0.15, -0.1) is 0 Å². The van der Waals surface area contributed by atoms with Crippen LogP contribution in [0.2, 0.25) is 5.02 Å². The van der Waals surface area contributed by atoms with E-state index in [9.17, 15) is 9.65 Å². The molecule has 31 heavy (non-hydrogen) atoms. The largest absolute Gasteiger partial charge is 0.365 e. The summed E-state index contributed by atoms with van der Waals surface area (Å²) in [5.74, 6) is -0.0735. The number of aromatic nitrogens is 2. The van der Waals surface area contributed by atoms with Gasteiger partial charge in [-0.05, 0) is 71.7 Å². The summed E-state index contributed by atoms with van der Waals surface area (Å²) in [5, 5.41) is 16.2. The van der Waals surface area contributed by atoms with Gasteiger partial charge in [0, 0.05) is 22.8 Å². The predicted molar refractivity (Wildman–Crippen MR) is 123 cm³/mol. The number of nitriles is 1. The smallest absolute Gasteiger partial charge is 0.229 e. The number of piperidine rings is 1. The van der Waals surface area contributed by atoms with Gasteiger partial charge in [-0.3, -0.25) is 4.90 Å². The number of halogens is 2. The van der Waals surface area contributed by atoms with Crippen LogP contribution in [0.1, 0.15) is 58.6 Å². The Balaban J connectivity index is 1.84. The third-order valence-electron chi connectivity index (χ3n) is 6.30. The first-order valence-corrected chi connectivity index (χ1v) is 10.9. The lowest BCUT2D eigenvalue weighted by molar-refractivity contribution is -0.00778. The number of nitrogens with zero attached hydrogens (tertiary/aromatic N) is 4. The van der Waals surface area contributed by atoms with E-state index >= 15 is 0 Å². The molecule has 0 radical (unpaired) electrons. The van der Waals surface area contributed by atoms with Crippen LogP contribution >= 0.6 is 11.6 Å². The Morgan fingerprint density at radius 3 is 2.48 bits per heavy atom. The Morgan fingerprint density at radius 1 is 1.26 bits per heavy atom. The highest BCUT2D eigenvalue weighted by Gasteiger charge is 2.43. The molecule has 2 heterocycles. The zero-order valence-electron chi connectivity index (χ0n) is 19.0. The van der Waals surface area contributed by atoms with E-state index < -0.39 is 5.82 Å². The van der Waals surface area contributed by atoms with Gasteiger partial charge in [0.05, 0.1) is 16.8 Å². The van der Waals surface area contributed by atoms with E-state index in [1.54, 1.807) is 6.07 Å². The summed E-state index contributed by atoms with van der Waals surface area (Å²) < 4.78 is 14.5. The molecule has 2 aromatic rings. The molecular formula is C23H30ClFN6. The molecule has 0 spiro atoms. The molecule has 1 aromatic heterocycles. The lowest BCUT2D eigenvalue weighted by atomic mass is 9.77. The first-order valence-electron chi connectivity index (χ1n) is 10.5. The van der Waals surface area contributed by atoms with Crippen LogP contribution in [0.4, 0.5) is 21.8 Å². The lowest BCUT2D eigenvalue weighted by Gasteiger charge is -2.53. The number of aryl methyl sites for hydroxylation is 1. The van der Waals surface area contributed by atoms with Crippen molar-refractivity contribution < 1.29 is 4.39 Å². The van der Waals surface area contributed by atoms with Crippen molar-refractivity contribution in [2.45, 2.75) is 71.0 Å². The van der Waals surface area contributed by atoms with Crippen molar-refractivity contribution in [1.29, 1.82) is 5.26 Å². The summed E-state index contributed by atoms with van der Waals surface area (Å²) >= 11 is 6.25. The van der Waals surface area contributed by atoms with E-state index in [4.69, 9.17) is 11.6 Å². The molecule has 0 aliphatic carbocycles. The molecular weight excluding hydrogens is 415 g/mol. The molecule has 166 valence electrons. The van der Waals surface area contributed by atoms with Gasteiger partial charge in [0.15, 0.2) is 11.6 Å². The molecule has 0 unspecified atom stereocenters. The fraction of sp³-hybridized carbons (Fsp3) is 0.522. The standard InChI is InChI=1S/C23H30ClFN6/c1-7-14-8-16(9-15(12-26)19(14)24)29-21-27-13-18(25)20(30-21)28-17-10-22(2,3)31(6)23(4,5)11-17/h8-9,13,17H,7,10-11H2,1-6H3,(H2,27,28,29,30). The number of likely N-dealkylation sites (tertiary alicyclic amines) is 1. The van der Waals surface area contributed by atoms with E-state index in [1.165, 1.54) is 0 Å². The Hall–Kier alpha value is -2.43. The zero-order chi connectivity index (χ0) is 23.0. The van der Waals surface area contributed by atoms with Crippen molar-refractivity contribution in [2.24, 2.45) is 0 Å². The summed E-state index contributed by atoms with van der Waals surface area (Å²) in [6.07, 6.45) is 3.57. The topological polar surface area (TPSA) is 76.9 Å². The maximum Gasteiger partial charge on any atom is 0.229 e. The zero-order valence-corrected chi connectivity index (χ0v) is 19.7. The SMILES string of the molecule is CCc1cc(Nc2ncc(F)c(NC3CC(C)(C)N(C)C(C)(C)C3)n2)cc(C#N)c1Cl. The number of nitrogens with one attached hydrogen (secondary N) is 2. The van der Waals surface area contributed by atoms with Crippen LogP contribution in [0, 0.1) is 17.1 Å². The molecule has 2 N–H and O–H groups in total. The van der Waals surface area contributed by atoms with E-state index in [-0.39, 0.29) is 28.9 Å². The number of benzene rings is 1. The normalized spacial score (nSPS) is 18.4. The number of hydrogen-bond donors (Lipinski definition) is 2. The molecule has 0 amide bonds. The van der Waals surface area contributed by atoms with Gasteiger partial charge < -0.3 is 10.6 Å². The van der Waals surface area contributed by atoms with Crippen molar-refractivity contribution in [3.8, 4) is 6.07 Å². The van der Waals surface area contributed by atoms with E-state index in [0.29, 0.717) is 22.7 Å². The lowest BCUT2D eigenvalue weighted by Crippen LogP contribution is -2.61. The van der Waals surface area contributed by atoms with E-state index in [1.807, 2.05) is 13.0 Å². The van der Waals surface area contributed by atoms with Crippen LogP contribution < -0.4 is 10.6 Å². The molecule has 0 atom stereocenters. The van der Waals surface area contributed by atoms with Crippen LogP contribution in [-0.2, 0) is 6.42 Å². The first kappa shape index (κ1) is 23.2. The van der Waals surface area contributed by atoms with Gasteiger partial charge >= 0.3 is 0 Å². The molecule has 0 saturated carbocycles. The molecule has 1 aliphatic rings. The molecule has 6 nitrogen and oxygen atoms in total. The summed E-state index contributed by atoms with van der Waals surface area (Å²) in [5.41, 5.74) is 1.80. The van der Waals surface area contributed by atoms with E-state index in [2.05, 4.69) is 66.3 Å². The highest BCUT2D eigenvalue weighted by atomic mass is 35.5. The summed E-state index contributed by atoms with van der Waals surface area (Å²) in [7, 11) is 2.13. The Labute approximate surface area is 188 Å². The second kappa shape index (κ2) is 8.60. The van der Waals surface area contributed by atoms with Crippen molar-refractivity contribution in [1.82, 2.24) is 14.9 Å². The van der Waals surface area contributed by atoms with Gasteiger partial charge in [-0.2, -0.15) is 10.2 Å². The molecule has 1 aromatic carbocycles. The van der Waals surface area contributed by atoms with Crippen molar-refractivity contribution in [3.05, 3.63) is 40.3 Å². The fourth-order valence-corrected chi connectivity index (χ4v) is 4.70. The Morgan fingerprint density at radius 2 is 1.90 bits per heavy atom. The summed E-state index contributed by atoms with van der Waals surface area (Å²) in [4.78, 5) is 10.8. The minimum atomic E-state index is -0.497. The van der Waals surface area contributed by atoms with Gasteiger partial charge in [0.2, 0.25) is 5.95 Å². The van der Waals surface area contributed by atoms with Crippen LogP contribution in [0.3, 0.4) is 0 Å². The second-order valence-corrected chi connectivity index (χ2v) is 9.79. The number of rotatable bonds is 5. The highest BCUT2D eigenvalue weighted by Crippen LogP contribution is 2.38. The molecule has 0 bridgehead atoms. The van der Waals surface area contributed by atoms with Crippen LogP contribution in [0.25, 0.3) is 0 Å². The van der Waals surface area contributed by atoms with Crippen LogP contribution in [-0.4, -0.2) is 39.0 Å². The molecule has 3 rings (SSSR count). The third kappa shape index (κ3) is 4.91. The average Bonchev–Trinajstić information content (AvgIpc) is 2.69. The summed E-state index contributed by atoms with van der Waals surface area (Å²) in [6.45, 7) is 10.8. The maximum atomic E-state index is 14.5. The van der Waals surface area contributed by atoms with Crippen LogP contribution in [0.5, 0.6) is 0 Å². The molecule has 1 aliphatic heterocycles. The second-order valence-electron chi connectivity index (χ2n) is 9.41. The Kier molecular flexibility index (Phi) is 6.45. The fourth-order valence-electron chi connectivity index (χ4n) is 4.42. The van der Waals surface area contributed by atoms with Crippen molar-refractivity contribution in [2.75, 3.05) is 17.7 Å². The average molecular weight is 445 g/mol. The predicted octanol–water partition coefficient (Wildman–Crippen LogP) is 5.51. The highest BCUT2D eigenvalue weighted by molar-refractivity contribution is 6.32. The monoisotopic (exact) mass is 444 g/mol. The van der Waals surface area contributed by atoms with Gasteiger partial charge in [-0.25, -0.2) is 9.37 Å². The molecule has 1 saturated heterocycles. The minimum Gasteiger partial charge on any atom is -0.365 e. The minimum absolute atomic E-state index is 0.0302. The third-order valence-corrected chi connectivity index (χ3v) is 6.74. The quantitative estimate of drug-likeness (QED) is 0.633. The van der Waals surface area contributed by atoms with Gasteiger partial charge in [0.25, 0.3) is 0 Å². The summed E-state index contributed by atoms with van der Waals surface area (Å²) in [6, 6.07) is 5.67. The molecule has 8 heteroatoms. The van der Waals surface area contributed by atoms with Crippen molar-refractivity contribution >= 4 is 29.1 Å². The van der Waals surface area contributed by atoms with Crippen LogP contribution in [0.15, 0.2) is 18.3 Å². The number of anilines is 3. The van der Waals surface area contributed by atoms with E-state index in [0.717, 1.165) is 24.6 Å². The number of hydrogen-bond acceptors (Lipinski definition) is 6. The van der Waals surface area contributed by atoms with Crippen molar-refractivity contribution in [3.63, 3.8) is 0 Å². The van der Waals surface area contributed by atoms with Gasteiger partial charge in [-0.1, -0.05) is 18.5 Å². The van der Waals surface area contributed by atoms with Gasteiger partial charge in [0.1, 0.15) is 6.07 Å². The Bertz CT molecular complexity index is 996. The maximum absolute atomic E-state index is 14.5. The first-order chi connectivity index (χ1) is 14.5.